The molecule has 1 aliphatic heterocycles. The van der Waals surface area contributed by atoms with E-state index in [0.717, 1.165) is 32.5 Å². The number of aryl methyl sites for hydroxylation is 2. The quantitative estimate of drug-likeness (QED) is 0.628. The second-order valence-electron chi connectivity index (χ2n) is 6.39. The Balaban J connectivity index is 1.95. The molecule has 2 aromatic carbocycles. The Morgan fingerprint density at radius 2 is 1.81 bits per heavy atom. The molecule has 0 aromatic heterocycles. The fourth-order valence-electron chi connectivity index (χ4n) is 3.04. The molecule has 0 saturated heterocycles. The van der Waals surface area contributed by atoms with Crippen molar-refractivity contribution >= 4 is 44.9 Å². The van der Waals surface area contributed by atoms with Crippen LogP contribution in [-0.2, 0) is 4.79 Å². The highest BCUT2D eigenvalue weighted by atomic mass is 79.9. The predicted molar refractivity (Wildman–Crippen MR) is 113 cm³/mol. The fourth-order valence-corrected chi connectivity index (χ4v) is 3.58. The molecule has 0 radical (unpaired) electrons. The summed E-state index contributed by atoms with van der Waals surface area (Å²) in [6.45, 7) is 5.89. The zero-order chi connectivity index (χ0) is 18.8. The van der Waals surface area contributed by atoms with Gasteiger partial charge in [-0.15, -0.1) is 0 Å². The summed E-state index contributed by atoms with van der Waals surface area (Å²) in [4.78, 5) is 13.1. The summed E-state index contributed by atoms with van der Waals surface area (Å²) in [5.74, 6) is -0.148. The van der Waals surface area contributed by atoms with E-state index in [4.69, 9.17) is 12.2 Å². The number of amides is 1. The molecule has 0 spiro atoms. The minimum atomic E-state index is -0.303. The van der Waals surface area contributed by atoms with Gasteiger partial charge in [0.15, 0.2) is 5.11 Å². The SMILES string of the molecule is CC1=C(C(=O)Nc2ccc(C)cc2C)[C@H](c2ccc(Br)cc2)NC(=S)N1. The summed E-state index contributed by atoms with van der Waals surface area (Å²) in [7, 11) is 0. The van der Waals surface area contributed by atoms with E-state index in [1.807, 2.05) is 57.2 Å². The Labute approximate surface area is 167 Å². The van der Waals surface area contributed by atoms with E-state index in [9.17, 15) is 4.79 Å². The lowest BCUT2D eigenvalue weighted by atomic mass is 9.95. The molecule has 0 fully saturated rings. The van der Waals surface area contributed by atoms with E-state index in [2.05, 4.69) is 37.9 Å². The van der Waals surface area contributed by atoms with E-state index in [-0.39, 0.29) is 11.9 Å². The predicted octanol–water partition coefficient (Wildman–Crippen LogP) is 4.50. The van der Waals surface area contributed by atoms with E-state index < -0.39 is 0 Å². The second kappa shape index (κ2) is 7.60. The van der Waals surface area contributed by atoms with Gasteiger partial charge in [0.25, 0.3) is 5.91 Å². The number of allylic oxidation sites excluding steroid dienone is 1. The molecule has 1 heterocycles. The van der Waals surface area contributed by atoms with Gasteiger partial charge in [-0.3, -0.25) is 4.79 Å². The maximum absolute atomic E-state index is 13.1. The number of nitrogens with one attached hydrogen (secondary N) is 3. The lowest BCUT2D eigenvalue weighted by Gasteiger charge is -2.30. The van der Waals surface area contributed by atoms with Gasteiger partial charge in [-0.05, 0) is 62.3 Å². The summed E-state index contributed by atoms with van der Waals surface area (Å²) < 4.78 is 0.986. The maximum Gasteiger partial charge on any atom is 0.255 e. The smallest absolute Gasteiger partial charge is 0.255 e. The van der Waals surface area contributed by atoms with Crippen LogP contribution >= 0.6 is 28.1 Å². The molecule has 0 saturated carbocycles. The van der Waals surface area contributed by atoms with Gasteiger partial charge in [0.1, 0.15) is 0 Å². The van der Waals surface area contributed by atoms with Crippen LogP contribution in [0.15, 0.2) is 58.2 Å². The van der Waals surface area contributed by atoms with Gasteiger partial charge >= 0.3 is 0 Å². The van der Waals surface area contributed by atoms with Gasteiger partial charge in [0, 0.05) is 15.9 Å². The van der Waals surface area contributed by atoms with E-state index in [0.29, 0.717) is 10.7 Å². The molecule has 0 bridgehead atoms. The normalized spacial score (nSPS) is 16.8. The van der Waals surface area contributed by atoms with Crippen molar-refractivity contribution in [2.75, 3.05) is 5.32 Å². The molecule has 26 heavy (non-hydrogen) atoms. The largest absolute Gasteiger partial charge is 0.351 e. The Bertz CT molecular complexity index is 906. The van der Waals surface area contributed by atoms with Gasteiger partial charge in [0.2, 0.25) is 0 Å². The number of halogens is 1. The zero-order valence-corrected chi connectivity index (χ0v) is 17.2. The average Bonchev–Trinajstić information content (AvgIpc) is 2.57. The molecule has 0 aliphatic carbocycles. The molecule has 134 valence electrons. The van der Waals surface area contributed by atoms with E-state index in [1.54, 1.807) is 0 Å². The van der Waals surface area contributed by atoms with Crippen molar-refractivity contribution in [2.24, 2.45) is 0 Å². The van der Waals surface area contributed by atoms with E-state index >= 15 is 0 Å². The van der Waals surface area contributed by atoms with Crippen LogP contribution in [0.3, 0.4) is 0 Å². The Kier molecular flexibility index (Phi) is 5.44. The minimum absolute atomic E-state index is 0.148. The van der Waals surface area contributed by atoms with Crippen LogP contribution in [0, 0.1) is 13.8 Å². The number of hydrogen-bond acceptors (Lipinski definition) is 2. The van der Waals surface area contributed by atoms with Crippen LogP contribution in [0.4, 0.5) is 5.69 Å². The number of hydrogen-bond donors (Lipinski definition) is 3. The highest BCUT2D eigenvalue weighted by molar-refractivity contribution is 9.10. The number of benzene rings is 2. The summed E-state index contributed by atoms with van der Waals surface area (Å²) >= 11 is 8.74. The number of anilines is 1. The molecule has 1 amide bonds. The Morgan fingerprint density at radius 3 is 2.46 bits per heavy atom. The van der Waals surface area contributed by atoms with Gasteiger partial charge in [0.05, 0.1) is 11.6 Å². The third-order valence-corrected chi connectivity index (χ3v) is 5.10. The molecule has 1 aliphatic rings. The van der Waals surface area contributed by atoms with Crippen molar-refractivity contribution in [3.05, 3.63) is 74.9 Å². The Hall–Kier alpha value is -2.18. The average molecular weight is 430 g/mol. The summed E-state index contributed by atoms with van der Waals surface area (Å²) in [6.07, 6.45) is 0. The van der Waals surface area contributed by atoms with Crippen molar-refractivity contribution in [3.8, 4) is 0 Å². The second-order valence-corrected chi connectivity index (χ2v) is 7.72. The van der Waals surface area contributed by atoms with Crippen LogP contribution in [0.5, 0.6) is 0 Å². The summed E-state index contributed by atoms with van der Waals surface area (Å²) in [5, 5.41) is 9.82. The van der Waals surface area contributed by atoms with Gasteiger partial charge in [-0.2, -0.15) is 0 Å². The maximum atomic E-state index is 13.1. The highest BCUT2D eigenvalue weighted by Gasteiger charge is 2.30. The molecular weight excluding hydrogens is 410 g/mol. The fraction of sp³-hybridized carbons (Fsp3) is 0.200. The van der Waals surface area contributed by atoms with Crippen LogP contribution in [0.2, 0.25) is 0 Å². The first-order chi connectivity index (χ1) is 12.3. The first-order valence-corrected chi connectivity index (χ1v) is 9.47. The van der Waals surface area contributed by atoms with Gasteiger partial charge in [-0.25, -0.2) is 0 Å². The molecule has 0 unspecified atom stereocenters. The first-order valence-electron chi connectivity index (χ1n) is 8.27. The monoisotopic (exact) mass is 429 g/mol. The molecule has 4 nitrogen and oxygen atoms in total. The Morgan fingerprint density at radius 1 is 1.12 bits per heavy atom. The molecular formula is C20H20BrN3OS. The zero-order valence-electron chi connectivity index (χ0n) is 14.8. The van der Waals surface area contributed by atoms with Gasteiger partial charge in [-0.1, -0.05) is 45.8 Å². The van der Waals surface area contributed by atoms with Crippen molar-refractivity contribution in [3.63, 3.8) is 0 Å². The third-order valence-electron chi connectivity index (χ3n) is 4.35. The first kappa shape index (κ1) is 18.6. The number of carbonyl (C=O) groups is 1. The highest BCUT2D eigenvalue weighted by Crippen LogP contribution is 2.29. The van der Waals surface area contributed by atoms with Crippen molar-refractivity contribution in [1.82, 2.24) is 10.6 Å². The van der Waals surface area contributed by atoms with Crippen LogP contribution in [0.1, 0.15) is 29.7 Å². The summed E-state index contributed by atoms with van der Waals surface area (Å²) in [5.41, 5.74) is 5.36. The summed E-state index contributed by atoms with van der Waals surface area (Å²) in [6, 6.07) is 13.5. The van der Waals surface area contributed by atoms with Crippen LogP contribution in [0.25, 0.3) is 0 Å². The van der Waals surface area contributed by atoms with Crippen molar-refractivity contribution < 1.29 is 4.79 Å². The molecule has 6 heteroatoms. The lowest BCUT2D eigenvalue weighted by molar-refractivity contribution is -0.113. The molecule has 3 rings (SSSR count). The van der Waals surface area contributed by atoms with Gasteiger partial charge < -0.3 is 16.0 Å². The van der Waals surface area contributed by atoms with Crippen molar-refractivity contribution in [1.29, 1.82) is 0 Å². The van der Waals surface area contributed by atoms with Crippen LogP contribution < -0.4 is 16.0 Å². The minimum Gasteiger partial charge on any atom is -0.351 e. The van der Waals surface area contributed by atoms with Crippen LogP contribution in [-0.4, -0.2) is 11.0 Å². The molecule has 3 N–H and O–H groups in total. The van der Waals surface area contributed by atoms with Crippen molar-refractivity contribution in [2.45, 2.75) is 26.8 Å². The van der Waals surface area contributed by atoms with E-state index in [1.165, 1.54) is 0 Å². The number of thiocarbonyl (C=S) groups is 1. The number of carbonyl (C=O) groups excluding carboxylic acids is 1. The standard InChI is InChI=1S/C20H20BrN3OS/c1-11-4-9-16(12(2)10-11)23-19(25)17-13(3)22-20(26)24-18(17)14-5-7-15(21)8-6-14/h4-10,18H,1-3H3,(H,23,25)(H2,22,24,26)/t18-/m0/s1. The molecule has 2 aromatic rings. The number of rotatable bonds is 3. The third kappa shape index (κ3) is 3.97. The molecule has 1 atom stereocenters. The topological polar surface area (TPSA) is 53.2 Å². The lowest BCUT2D eigenvalue weighted by Crippen LogP contribution is -2.45.